The van der Waals surface area contributed by atoms with Crippen molar-refractivity contribution in [1.82, 2.24) is 9.97 Å². The minimum Gasteiger partial charge on any atom is -0.338 e. The van der Waals surface area contributed by atoms with E-state index in [0.717, 1.165) is 29.1 Å². The minimum atomic E-state index is -0.232. The van der Waals surface area contributed by atoms with Gasteiger partial charge in [-0.3, -0.25) is 0 Å². The summed E-state index contributed by atoms with van der Waals surface area (Å²) in [5.74, 6) is 1.25. The van der Waals surface area contributed by atoms with E-state index in [1.54, 1.807) is 18.3 Å². The standard InChI is InChI=1S/C19H19FN2/c1-13(2)11-14-3-5-16(6-4-14)19-21-12-18(22-19)15-7-9-17(20)10-8-15/h3-10,12-13H,11H2,1-2H3,(H,21,22). The van der Waals surface area contributed by atoms with Gasteiger partial charge in [0.05, 0.1) is 11.9 Å². The Morgan fingerprint density at radius 3 is 2.23 bits per heavy atom. The van der Waals surface area contributed by atoms with Gasteiger partial charge >= 0.3 is 0 Å². The number of benzene rings is 2. The van der Waals surface area contributed by atoms with Crippen molar-refractivity contribution < 1.29 is 4.39 Å². The van der Waals surface area contributed by atoms with E-state index in [1.807, 2.05) is 0 Å². The monoisotopic (exact) mass is 294 g/mol. The molecule has 0 fully saturated rings. The van der Waals surface area contributed by atoms with Crippen molar-refractivity contribution in [3.05, 3.63) is 66.1 Å². The smallest absolute Gasteiger partial charge is 0.137 e. The maximum absolute atomic E-state index is 13.0. The SMILES string of the molecule is CC(C)Cc1ccc(-c2ncc(-c3ccc(F)cc3)[nH]2)cc1. The molecule has 3 rings (SSSR count). The Morgan fingerprint density at radius 2 is 1.59 bits per heavy atom. The highest BCUT2D eigenvalue weighted by atomic mass is 19.1. The fourth-order valence-electron chi connectivity index (χ4n) is 2.51. The molecule has 1 aromatic heterocycles. The van der Waals surface area contributed by atoms with Gasteiger partial charge in [0, 0.05) is 5.56 Å². The second-order valence-electron chi connectivity index (χ2n) is 5.95. The fourth-order valence-corrected chi connectivity index (χ4v) is 2.51. The Labute approximate surface area is 130 Å². The van der Waals surface area contributed by atoms with Crippen LogP contribution in [0.2, 0.25) is 0 Å². The Morgan fingerprint density at radius 1 is 0.955 bits per heavy atom. The molecule has 2 aromatic carbocycles. The zero-order valence-electron chi connectivity index (χ0n) is 12.8. The number of aromatic amines is 1. The topological polar surface area (TPSA) is 28.7 Å². The molecule has 3 aromatic rings. The normalized spacial score (nSPS) is 11.1. The first kappa shape index (κ1) is 14.5. The summed E-state index contributed by atoms with van der Waals surface area (Å²) < 4.78 is 13.0. The zero-order valence-corrected chi connectivity index (χ0v) is 12.8. The second kappa shape index (κ2) is 6.14. The van der Waals surface area contributed by atoms with Crippen LogP contribution in [0.4, 0.5) is 4.39 Å². The number of nitrogens with one attached hydrogen (secondary N) is 1. The van der Waals surface area contributed by atoms with Crippen molar-refractivity contribution in [2.75, 3.05) is 0 Å². The van der Waals surface area contributed by atoms with Gasteiger partial charge in [0.15, 0.2) is 0 Å². The Hall–Kier alpha value is -2.42. The molecule has 0 bridgehead atoms. The van der Waals surface area contributed by atoms with E-state index in [4.69, 9.17) is 0 Å². The number of hydrogen-bond acceptors (Lipinski definition) is 1. The summed E-state index contributed by atoms with van der Waals surface area (Å²) in [5, 5.41) is 0. The highest BCUT2D eigenvalue weighted by molar-refractivity contribution is 5.64. The first-order chi connectivity index (χ1) is 10.6. The first-order valence-corrected chi connectivity index (χ1v) is 7.52. The maximum Gasteiger partial charge on any atom is 0.137 e. The van der Waals surface area contributed by atoms with Gasteiger partial charge in [-0.05, 0) is 47.7 Å². The molecule has 0 aliphatic heterocycles. The largest absolute Gasteiger partial charge is 0.338 e. The number of H-pyrrole nitrogens is 1. The summed E-state index contributed by atoms with van der Waals surface area (Å²) in [5.41, 5.74) is 4.21. The van der Waals surface area contributed by atoms with E-state index in [0.29, 0.717) is 5.92 Å². The number of rotatable bonds is 4. The summed E-state index contributed by atoms with van der Waals surface area (Å²) >= 11 is 0. The van der Waals surface area contributed by atoms with E-state index in [2.05, 4.69) is 48.1 Å². The van der Waals surface area contributed by atoms with Crippen LogP contribution >= 0.6 is 0 Å². The van der Waals surface area contributed by atoms with Gasteiger partial charge in [0.1, 0.15) is 11.6 Å². The van der Waals surface area contributed by atoms with Crippen LogP contribution < -0.4 is 0 Å². The molecule has 0 saturated heterocycles. The quantitative estimate of drug-likeness (QED) is 0.714. The summed E-state index contributed by atoms with van der Waals surface area (Å²) in [6.45, 7) is 4.44. The summed E-state index contributed by atoms with van der Waals surface area (Å²) in [6.07, 6.45) is 2.86. The molecule has 0 atom stereocenters. The average Bonchev–Trinajstić information content (AvgIpc) is 2.98. The van der Waals surface area contributed by atoms with E-state index in [9.17, 15) is 4.39 Å². The van der Waals surface area contributed by atoms with E-state index in [1.165, 1.54) is 17.7 Å². The van der Waals surface area contributed by atoms with Crippen molar-refractivity contribution in [1.29, 1.82) is 0 Å². The summed E-state index contributed by atoms with van der Waals surface area (Å²) in [7, 11) is 0. The van der Waals surface area contributed by atoms with Crippen LogP contribution in [-0.4, -0.2) is 9.97 Å². The van der Waals surface area contributed by atoms with Crippen molar-refractivity contribution in [2.45, 2.75) is 20.3 Å². The van der Waals surface area contributed by atoms with Crippen LogP contribution in [-0.2, 0) is 6.42 Å². The number of hydrogen-bond donors (Lipinski definition) is 1. The number of aromatic nitrogens is 2. The second-order valence-corrected chi connectivity index (χ2v) is 5.95. The number of imidazole rings is 1. The van der Waals surface area contributed by atoms with Crippen LogP contribution in [0.5, 0.6) is 0 Å². The third-order valence-electron chi connectivity index (χ3n) is 3.60. The fraction of sp³-hybridized carbons (Fsp3) is 0.211. The Kier molecular flexibility index (Phi) is 4.05. The summed E-state index contributed by atoms with van der Waals surface area (Å²) in [6, 6.07) is 14.9. The van der Waals surface area contributed by atoms with Gasteiger partial charge < -0.3 is 4.98 Å². The van der Waals surface area contributed by atoms with Crippen LogP contribution in [0.3, 0.4) is 0 Å². The molecule has 3 heteroatoms. The van der Waals surface area contributed by atoms with E-state index < -0.39 is 0 Å². The van der Waals surface area contributed by atoms with Gasteiger partial charge in [0.2, 0.25) is 0 Å². The molecular weight excluding hydrogens is 275 g/mol. The van der Waals surface area contributed by atoms with E-state index >= 15 is 0 Å². The molecule has 1 N–H and O–H groups in total. The molecule has 0 spiro atoms. The maximum atomic E-state index is 13.0. The molecule has 0 amide bonds. The predicted octanol–water partition coefficient (Wildman–Crippen LogP) is 5.08. The summed E-state index contributed by atoms with van der Waals surface area (Å²) in [4.78, 5) is 7.72. The molecule has 0 aliphatic rings. The van der Waals surface area contributed by atoms with Gasteiger partial charge in [-0.25, -0.2) is 9.37 Å². The van der Waals surface area contributed by atoms with Crippen LogP contribution in [0.1, 0.15) is 19.4 Å². The zero-order chi connectivity index (χ0) is 15.5. The Bertz CT molecular complexity index is 740. The number of nitrogens with zero attached hydrogens (tertiary/aromatic N) is 1. The lowest BCUT2D eigenvalue weighted by molar-refractivity contribution is 0.628. The van der Waals surface area contributed by atoms with Crippen LogP contribution in [0.15, 0.2) is 54.7 Å². The lowest BCUT2D eigenvalue weighted by Crippen LogP contribution is -1.93. The first-order valence-electron chi connectivity index (χ1n) is 7.52. The van der Waals surface area contributed by atoms with Gasteiger partial charge in [-0.15, -0.1) is 0 Å². The molecule has 0 saturated carbocycles. The van der Waals surface area contributed by atoms with Crippen LogP contribution in [0.25, 0.3) is 22.6 Å². The molecule has 0 aliphatic carbocycles. The lowest BCUT2D eigenvalue weighted by atomic mass is 10.0. The van der Waals surface area contributed by atoms with Crippen molar-refractivity contribution in [3.8, 4) is 22.6 Å². The van der Waals surface area contributed by atoms with Crippen LogP contribution in [0, 0.1) is 11.7 Å². The Balaban J connectivity index is 1.82. The molecule has 2 nitrogen and oxygen atoms in total. The number of halogens is 1. The third kappa shape index (κ3) is 3.25. The van der Waals surface area contributed by atoms with Gasteiger partial charge in [0.25, 0.3) is 0 Å². The third-order valence-corrected chi connectivity index (χ3v) is 3.60. The van der Waals surface area contributed by atoms with Gasteiger partial charge in [-0.2, -0.15) is 0 Å². The van der Waals surface area contributed by atoms with Crippen molar-refractivity contribution >= 4 is 0 Å². The molecule has 0 unspecified atom stereocenters. The molecule has 0 radical (unpaired) electrons. The molecule has 112 valence electrons. The average molecular weight is 294 g/mol. The molecular formula is C19H19FN2. The molecule has 1 heterocycles. The lowest BCUT2D eigenvalue weighted by Gasteiger charge is -2.05. The van der Waals surface area contributed by atoms with Crippen molar-refractivity contribution in [3.63, 3.8) is 0 Å². The minimum absolute atomic E-state index is 0.232. The predicted molar refractivity (Wildman–Crippen MR) is 88.0 cm³/mol. The van der Waals surface area contributed by atoms with Crippen molar-refractivity contribution in [2.24, 2.45) is 5.92 Å². The van der Waals surface area contributed by atoms with Gasteiger partial charge in [-0.1, -0.05) is 38.1 Å². The van der Waals surface area contributed by atoms with E-state index in [-0.39, 0.29) is 5.82 Å². The highest BCUT2D eigenvalue weighted by Crippen LogP contribution is 2.23. The molecule has 22 heavy (non-hydrogen) atoms. The highest BCUT2D eigenvalue weighted by Gasteiger charge is 2.06.